The molecule has 0 bridgehead atoms. The molecule has 2 aromatic rings. The van der Waals surface area contributed by atoms with Crippen LogP contribution in [-0.2, 0) is 24.1 Å². The van der Waals surface area contributed by atoms with Gasteiger partial charge in [-0.2, -0.15) is 0 Å². The summed E-state index contributed by atoms with van der Waals surface area (Å²) in [7, 11) is -3.40. The number of aliphatic hydroxyl groups excluding tert-OH is 1. The number of esters is 1. The molecule has 2 heterocycles. The highest BCUT2D eigenvalue weighted by molar-refractivity contribution is 7.90. The number of amides is 1. The molecule has 1 N–H and O–H groups in total. The van der Waals surface area contributed by atoms with Crippen LogP contribution in [0, 0.1) is 6.92 Å². The summed E-state index contributed by atoms with van der Waals surface area (Å²) >= 11 is 6.57. The lowest BCUT2D eigenvalue weighted by Gasteiger charge is -2.37. The van der Waals surface area contributed by atoms with Gasteiger partial charge in [0.2, 0.25) is 0 Å². The first kappa shape index (κ1) is 25.1. The van der Waals surface area contributed by atoms with Crippen molar-refractivity contribution in [3.05, 3.63) is 58.3 Å². The molecule has 2 aliphatic rings. The van der Waals surface area contributed by atoms with Gasteiger partial charge < -0.3 is 19.5 Å². The summed E-state index contributed by atoms with van der Waals surface area (Å²) in [5.74, 6) is -0.824. The number of aliphatic hydroxyl groups is 1. The predicted molar refractivity (Wildman–Crippen MR) is 131 cm³/mol. The van der Waals surface area contributed by atoms with Crippen molar-refractivity contribution in [2.45, 2.75) is 37.2 Å². The molecule has 8 nitrogen and oxygen atoms in total. The molecule has 0 aliphatic carbocycles. The van der Waals surface area contributed by atoms with Gasteiger partial charge in [-0.3, -0.25) is 0 Å². The molecule has 35 heavy (non-hydrogen) atoms. The standard InChI is InChI=1S/C25H26ClNO7S/c1-4-33-24(30)27-10-8-25(9-11-27)22(28)21(23(29)34-25)18-14-20(26)19(12-15(18)2)16-6-5-7-17(13-16)35(3,31)32/h5-7,12-14,28H,4,8-11H2,1-3H3. The van der Waals surface area contributed by atoms with Crippen molar-refractivity contribution < 1.29 is 32.6 Å². The monoisotopic (exact) mass is 519 g/mol. The number of halogens is 1. The van der Waals surface area contributed by atoms with Crippen molar-refractivity contribution >= 4 is 39.1 Å². The summed E-state index contributed by atoms with van der Waals surface area (Å²) in [5.41, 5.74) is 1.16. The largest absolute Gasteiger partial charge is 0.507 e. The molecule has 0 unspecified atom stereocenters. The summed E-state index contributed by atoms with van der Waals surface area (Å²) in [6.45, 7) is 4.32. The molecule has 0 aromatic heterocycles. The first-order valence-corrected chi connectivity index (χ1v) is 13.4. The highest BCUT2D eigenvalue weighted by atomic mass is 35.5. The molecule has 10 heteroatoms. The van der Waals surface area contributed by atoms with Crippen LogP contribution in [0.2, 0.25) is 5.02 Å². The molecule has 0 radical (unpaired) electrons. The van der Waals surface area contributed by atoms with Gasteiger partial charge in [-0.1, -0.05) is 23.7 Å². The maximum absolute atomic E-state index is 12.9. The fourth-order valence-corrected chi connectivity index (χ4v) is 5.45. The zero-order valence-electron chi connectivity index (χ0n) is 19.6. The quantitative estimate of drug-likeness (QED) is 0.590. The molecular formula is C25H26ClNO7S. The number of benzene rings is 2. The van der Waals surface area contributed by atoms with Crippen molar-refractivity contribution in [3.63, 3.8) is 0 Å². The first-order chi connectivity index (χ1) is 16.5. The number of hydrogen-bond acceptors (Lipinski definition) is 7. The first-order valence-electron chi connectivity index (χ1n) is 11.2. The minimum absolute atomic E-state index is 0.0467. The Morgan fingerprint density at radius 2 is 1.89 bits per heavy atom. The van der Waals surface area contributed by atoms with E-state index in [2.05, 4.69) is 0 Å². The van der Waals surface area contributed by atoms with E-state index in [9.17, 15) is 23.1 Å². The number of hydrogen-bond donors (Lipinski definition) is 1. The van der Waals surface area contributed by atoms with Crippen molar-refractivity contribution in [3.8, 4) is 11.1 Å². The minimum Gasteiger partial charge on any atom is -0.507 e. The average Bonchev–Trinajstić information content (AvgIpc) is 3.04. The van der Waals surface area contributed by atoms with Crippen LogP contribution in [-0.4, -0.2) is 62.0 Å². The van der Waals surface area contributed by atoms with Gasteiger partial charge in [0.25, 0.3) is 0 Å². The molecule has 1 saturated heterocycles. The van der Waals surface area contributed by atoms with Crippen molar-refractivity contribution in [1.82, 2.24) is 4.90 Å². The van der Waals surface area contributed by atoms with Crippen LogP contribution < -0.4 is 0 Å². The molecule has 4 rings (SSSR count). The Morgan fingerprint density at radius 1 is 1.20 bits per heavy atom. The van der Waals surface area contributed by atoms with Gasteiger partial charge in [-0.15, -0.1) is 0 Å². The van der Waals surface area contributed by atoms with Gasteiger partial charge in [-0.05, 0) is 54.8 Å². The number of piperidine rings is 1. The van der Waals surface area contributed by atoms with E-state index in [4.69, 9.17) is 21.1 Å². The Bertz CT molecular complexity index is 1340. The van der Waals surface area contributed by atoms with Crippen LogP contribution in [0.1, 0.15) is 30.9 Å². The lowest BCUT2D eigenvalue weighted by atomic mass is 9.87. The van der Waals surface area contributed by atoms with Gasteiger partial charge in [-0.25, -0.2) is 18.0 Å². The Balaban J connectivity index is 1.68. The molecule has 0 atom stereocenters. The Labute approximate surface area is 209 Å². The fraction of sp³-hybridized carbons (Fsp3) is 0.360. The number of carbonyl (C=O) groups excluding carboxylic acids is 2. The molecule has 0 saturated carbocycles. The molecule has 1 amide bonds. The number of rotatable bonds is 4. The van der Waals surface area contributed by atoms with Crippen LogP contribution in [0.4, 0.5) is 4.79 Å². The minimum atomic E-state index is -3.40. The maximum atomic E-state index is 12.9. The van der Waals surface area contributed by atoms with E-state index in [0.717, 1.165) is 6.26 Å². The van der Waals surface area contributed by atoms with Crippen LogP contribution >= 0.6 is 11.6 Å². The molecule has 1 spiro atoms. The van der Waals surface area contributed by atoms with E-state index in [-0.39, 0.29) is 48.8 Å². The molecular weight excluding hydrogens is 494 g/mol. The van der Waals surface area contributed by atoms with Gasteiger partial charge >= 0.3 is 12.1 Å². The molecule has 2 aliphatic heterocycles. The number of sulfone groups is 1. The van der Waals surface area contributed by atoms with Crippen LogP contribution in [0.15, 0.2) is 47.1 Å². The zero-order chi connectivity index (χ0) is 25.5. The van der Waals surface area contributed by atoms with E-state index >= 15 is 0 Å². The highest BCUT2D eigenvalue weighted by Gasteiger charge is 2.51. The van der Waals surface area contributed by atoms with Crippen LogP contribution in [0.5, 0.6) is 0 Å². The van der Waals surface area contributed by atoms with Crippen LogP contribution in [0.25, 0.3) is 16.7 Å². The number of nitrogens with zero attached hydrogens (tertiary/aromatic N) is 1. The predicted octanol–water partition coefficient (Wildman–Crippen LogP) is 4.54. The summed E-state index contributed by atoms with van der Waals surface area (Å²) in [6, 6.07) is 9.78. The summed E-state index contributed by atoms with van der Waals surface area (Å²) < 4.78 is 34.6. The Hall–Kier alpha value is -3.04. The lowest BCUT2D eigenvalue weighted by molar-refractivity contribution is -0.150. The third-order valence-corrected chi connectivity index (χ3v) is 7.84. The number of likely N-dealkylation sites (tertiary alicyclic amines) is 1. The molecule has 2 aromatic carbocycles. The van der Waals surface area contributed by atoms with Gasteiger partial charge in [0.1, 0.15) is 5.57 Å². The second-order valence-corrected chi connectivity index (χ2v) is 11.2. The SMILES string of the molecule is CCOC(=O)N1CCC2(CC1)OC(=O)C(c1cc(Cl)c(-c3cccc(S(C)(=O)=O)c3)cc1C)=C2O. The smallest absolute Gasteiger partial charge is 0.409 e. The number of aryl methyl sites for hydroxylation is 1. The highest BCUT2D eigenvalue weighted by Crippen LogP contribution is 2.45. The average molecular weight is 520 g/mol. The summed E-state index contributed by atoms with van der Waals surface area (Å²) in [6.07, 6.45) is 1.19. The zero-order valence-corrected chi connectivity index (χ0v) is 21.2. The van der Waals surface area contributed by atoms with Crippen molar-refractivity contribution in [2.24, 2.45) is 0 Å². The van der Waals surface area contributed by atoms with E-state index in [0.29, 0.717) is 27.3 Å². The van der Waals surface area contributed by atoms with Crippen LogP contribution in [0.3, 0.4) is 0 Å². The molecule has 186 valence electrons. The van der Waals surface area contributed by atoms with E-state index < -0.39 is 27.5 Å². The second-order valence-electron chi connectivity index (χ2n) is 8.74. The number of ether oxygens (including phenoxy) is 2. The lowest BCUT2D eigenvalue weighted by Crippen LogP contribution is -2.48. The second kappa shape index (κ2) is 9.20. The third kappa shape index (κ3) is 4.62. The van der Waals surface area contributed by atoms with Gasteiger partial charge in [0, 0.05) is 42.8 Å². The normalized spacial score (nSPS) is 17.6. The fourth-order valence-electron chi connectivity index (χ4n) is 4.51. The van der Waals surface area contributed by atoms with Crippen molar-refractivity contribution in [1.29, 1.82) is 0 Å². The Kier molecular flexibility index (Phi) is 6.59. The maximum Gasteiger partial charge on any atom is 0.409 e. The Morgan fingerprint density at radius 3 is 2.51 bits per heavy atom. The topological polar surface area (TPSA) is 110 Å². The summed E-state index contributed by atoms with van der Waals surface area (Å²) in [5, 5.41) is 11.4. The van der Waals surface area contributed by atoms with E-state index in [1.54, 1.807) is 44.2 Å². The van der Waals surface area contributed by atoms with Gasteiger partial charge in [0.05, 0.1) is 11.5 Å². The number of carbonyl (C=O) groups is 2. The van der Waals surface area contributed by atoms with E-state index in [1.165, 1.54) is 11.0 Å². The van der Waals surface area contributed by atoms with E-state index in [1.807, 2.05) is 0 Å². The third-order valence-electron chi connectivity index (χ3n) is 6.41. The molecule has 1 fully saturated rings. The summed E-state index contributed by atoms with van der Waals surface area (Å²) in [4.78, 5) is 26.6. The van der Waals surface area contributed by atoms with Crippen molar-refractivity contribution in [2.75, 3.05) is 26.0 Å². The van der Waals surface area contributed by atoms with Gasteiger partial charge in [0.15, 0.2) is 21.2 Å².